The molecule has 1 aromatic rings. The molecular weight excluding hydrogens is 195 g/mol. The molecule has 0 saturated carbocycles. The Morgan fingerprint density at radius 2 is 2.23 bits per heavy atom. The minimum atomic E-state index is -0.504. The van der Waals surface area contributed by atoms with Crippen LogP contribution in [-0.4, -0.2) is 11.7 Å². The topological polar surface area (TPSA) is 29.5 Å². The van der Waals surface area contributed by atoms with E-state index in [9.17, 15) is 4.39 Å². The number of halogens is 2. The molecule has 0 heterocycles. The Kier molecular flexibility index (Phi) is 3.51. The molecule has 13 heavy (non-hydrogen) atoms. The van der Waals surface area contributed by atoms with Crippen molar-refractivity contribution in [3.8, 4) is 5.75 Å². The van der Waals surface area contributed by atoms with Crippen molar-refractivity contribution in [1.29, 1.82) is 0 Å². The molecule has 0 aliphatic carbocycles. The zero-order valence-electron chi connectivity index (χ0n) is 7.18. The molecule has 0 radical (unpaired) electrons. The lowest BCUT2D eigenvalue weighted by molar-refractivity contribution is 0.280. The molecule has 1 rings (SSSR count). The second-order valence-electron chi connectivity index (χ2n) is 2.47. The SMILES string of the molecule is CCOc1cc(Cl)c(CO)cc1F. The predicted octanol–water partition coefficient (Wildman–Crippen LogP) is 2.37. The van der Waals surface area contributed by atoms with Gasteiger partial charge in [-0.3, -0.25) is 0 Å². The molecular formula is C9H10ClFO2. The first-order chi connectivity index (χ1) is 6.19. The molecule has 1 N–H and O–H groups in total. The van der Waals surface area contributed by atoms with E-state index in [4.69, 9.17) is 21.4 Å². The van der Waals surface area contributed by atoms with Gasteiger partial charge in [0, 0.05) is 11.1 Å². The Hall–Kier alpha value is -0.800. The third kappa shape index (κ3) is 2.32. The number of hydrogen-bond donors (Lipinski definition) is 1. The standard InChI is InChI=1S/C9H10ClFO2/c1-2-13-9-4-7(10)6(5-12)3-8(9)11/h3-4,12H,2,5H2,1H3. The summed E-state index contributed by atoms with van der Waals surface area (Å²) in [5, 5.41) is 9.08. The van der Waals surface area contributed by atoms with Gasteiger partial charge < -0.3 is 9.84 Å². The average molecular weight is 205 g/mol. The van der Waals surface area contributed by atoms with Crippen molar-refractivity contribution in [3.63, 3.8) is 0 Å². The highest BCUT2D eigenvalue weighted by Crippen LogP contribution is 2.26. The zero-order chi connectivity index (χ0) is 9.84. The van der Waals surface area contributed by atoms with Crippen molar-refractivity contribution in [2.75, 3.05) is 6.61 Å². The van der Waals surface area contributed by atoms with Gasteiger partial charge in [0.1, 0.15) is 0 Å². The Balaban J connectivity index is 3.05. The maximum absolute atomic E-state index is 13.1. The summed E-state index contributed by atoms with van der Waals surface area (Å²) in [5.74, 6) is -0.389. The van der Waals surface area contributed by atoms with E-state index in [0.717, 1.165) is 0 Å². The number of hydrogen-bond acceptors (Lipinski definition) is 2. The minimum absolute atomic E-state index is 0.115. The van der Waals surface area contributed by atoms with Crippen LogP contribution in [0.15, 0.2) is 12.1 Å². The lowest BCUT2D eigenvalue weighted by Gasteiger charge is -2.07. The summed E-state index contributed by atoms with van der Waals surface area (Å²) in [5.41, 5.74) is 0.364. The largest absolute Gasteiger partial charge is 0.491 e. The minimum Gasteiger partial charge on any atom is -0.491 e. The molecule has 0 bridgehead atoms. The first kappa shape index (κ1) is 10.3. The van der Waals surface area contributed by atoms with Gasteiger partial charge in [-0.15, -0.1) is 0 Å². The highest BCUT2D eigenvalue weighted by atomic mass is 35.5. The molecule has 4 heteroatoms. The molecule has 0 aliphatic heterocycles. The number of aliphatic hydroxyl groups excluding tert-OH is 1. The van der Waals surface area contributed by atoms with Crippen molar-refractivity contribution in [3.05, 3.63) is 28.5 Å². The van der Waals surface area contributed by atoms with Crippen LogP contribution in [-0.2, 0) is 6.61 Å². The second kappa shape index (κ2) is 4.44. The van der Waals surface area contributed by atoms with Crippen LogP contribution in [0.2, 0.25) is 5.02 Å². The monoisotopic (exact) mass is 204 g/mol. The van der Waals surface area contributed by atoms with Crippen molar-refractivity contribution < 1.29 is 14.2 Å². The van der Waals surface area contributed by atoms with Crippen LogP contribution in [0.3, 0.4) is 0 Å². The molecule has 1 aromatic carbocycles. The fourth-order valence-corrected chi connectivity index (χ4v) is 1.17. The third-order valence-electron chi connectivity index (χ3n) is 1.57. The molecule has 0 atom stereocenters. The molecule has 0 spiro atoms. The molecule has 2 nitrogen and oxygen atoms in total. The molecule has 72 valence electrons. The van der Waals surface area contributed by atoms with E-state index < -0.39 is 5.82 Å². The van der Waals surface area contributed by atoms with Crippen LogP contribution in [0, 0.1) is 5.82 Å². The summed E-state index contributed by atoms with van der Waals surface area (Å²) in [7, 11) is 0. The fourth-order valence-electron chi connectivity index (χ4n) is 0.957. The van der Waals surface area contributed by atoms with E-state index in [1.807, 2.05) is 0 Å². The summed E-state index contributed by atoms with van der Waals surface area (Å²) >= 11 is 5.73. The lowest BCUT2D eigenvalue weighted by atomic mass is 10.2. The van der Waals surface area contributed by atoms with Crippen molar-refractivity contribution >= 4 is 11.6 Å². The van der Waals surface area contributed by atoms with E-state index >= 15 is 0 Å². The third-order valence-corrected chi connectivity index (χ3v) is 1.92. The first-order valence-electron chi connectivity index (χ1n) is 3.90. The van der Waals surface area contributed by atoms with Gasteiger partial charge >= 0.3 is 0 Å². The van der Waals surface area contributed by atoms with E-state index in [0.29, 0.717) is 17.2 Å². The van der Waals surface area contributed by atoms with E-state index in [2.05, 4.69) is 0 Å². The Morgan fingerprint density at radius 1 is 1.54 bits per heavy atom. The number of ether oxygens (including phenoxy) is 1. The highest BCUT2D eigenvalue weighted by Gasteiger charge is 2.08. The summed E-state index contributed by atoms with van der Waals surface area (Å²) in [6, 6.07) is 2.54. The Bertz CT molecular complexity index is 302. The quantitative estimate of drug-likeness (QED) is 0.819. The summed E-state index contributed by atoms with van der Waals surface area (Å²) in [6.45, 7) is 1.86. The number of rotatable bonds is 3. The Morgan fingerprint density at radius 3 is 2.77 bits per heavy atom. The average Bonchev–Trinajstić information content (AvgIpc) is 2.11. The smallest absolute Gasteiger partial charge is 0.165 e. The molecule has 0 aromatic heterocycles. The molecule has 0 saturated heterocycles. The number of aliphatic hydroxyl groups is 1. The van der Waals surface area contributed by atoms with Crippen LogP contribution in [0.4, 0.5) is 4.39 Å². The summed E-state index contributed by atoms with van der Waals surface area (Å²) in [6.07, 6.45) is 0. The van der Waals surface area contributed by atoms with Gasteiger partial charge in [-0.25, -0.2) is 4.39 Å². The van der Waals surface area contributed by atoms with Gasteiger partial charge in [0.15, 0.2) is 11.6 Å². The first-order valence-corrected chi connectivity index (χ1v) is 4.28. The molecule has 0 fully saturated rings. The van der Waals surface area contributed by atoms with E-state index in [1.165, 1.54) is 12.1 Å². The van der Waals surface area contributed by atoms with Crippen LogP contribution in [0.5, 0.6) is 5.75 Å². The van der Waals surface area contributed by atoms with Gasteiger partial charge in [-0.05, 0) is 18.6 Å². The number of benzene rings is 1. The highest BCUT2D eigenvalue weighted by molar-refractivity contribution is 6.31. The fraction of sp³-hybridized carbons (Fsp3) is 0.333. The van der Waals surface area contributed by atoms with Crippen LogP contribution < -0.4 is 4.74 Å². The van der Waals surface area contributed by atoms with Crippen molar-refractivity contribution in [2.24, 2.45) is 0 Å². The maximum atomic E-state index is 13.1. The molecule has 0 amide bonds. The van der Waals surface area contributed by atoms with Crippen LogP contribution in [0.25, 0.3) is 0 Å². The van der Waals surface area contributed by atoms with Gasteiger partial charge in [-0.1, -0.05) is 11.6 Å². The predicted molar refractivity (Wildman–Crippen MR) is 48.5 cm³/mol. The Labute approximate surface area is 80.9 Å². The summed E-state index contributed by atoms with van der Waals surface area (Å²) < 4.78 is 18.1. The van der Waals surface area contributed by atoms with E-state index in [-0.39, 0.29) is 12.4 Å². The normalized spacial score (nSPS) is 10.2. The van der Waals surface area contributed by atoms with Gasteiger partial charge in [0.25, 0.3) is 0 Å². The second-order valence-corrected chi connectivity index (χ2v) is 2.87. The van der Waals surface area contributed by atoms with Gasteiger partial charge in [0.2, 0.25) is 0 Å². The van der Waals surface area contributed by atoms with Gasteiger partial charge in [-0.2, -0.15) is 0 Å². The molecule has 0 unspecified atom stereocenters. The summed E-state index contributed by atoms with van der Waals surface area (Å²) in [4.78, 5) is 0. The van der Waals surface area contributed by atoms with Crippen molar-refractivity contribution in [1.82, 2.24) is 0 Å². The van der Waals surface area contributed by atoms with Crippen molar-refractivity contribution in [2.45, 2.75) is 13.5 Å². The van der Waals surface area contributed by atoms with E-state index in [1.54, 1.807) is 6.92 Å². The zero-order valence-corrected chi connectivity index (χ0v) is 7.94. The van der Waals surface area contributed by atoms with Crippen LogP contribution >= 0.6 is 11.6 Å². The maximum Gasteiger partial charge on any atom is 0.165 e. The van der Waals surface area contributed by atoms with Crippen LogP contribution in [0.1, 0.15) is 12.5 Å². The lowest BCUT2D eigenvalue weighted by Crippen LogP contribution is -1.96. The molecule has 0 aliphatic rings. The van der Waals surface area contributed by atoms with Gasteiger partial charge in [0.05, 0.1) is 13.2 Å².